The van der Waals surface area contributed by atoms with Crippen LogP contribution in [-0.4, -0.2) is 41.5 Å². The summed E-state index contributed by atoms with van der Waals surface area (Å²) in [4.78, 5) is 20.8. The number of isocyanates is 1. The van der Waals surface area contributed by atoms with Crippen molar-refractivity contribution in [1.82, 2.24) is 14.3 Å². The molecule has 1 N–H and O–H groups in total. The number of aliphatic imine (C=N–C) groups is 1. The Morgan fingerprint density at radius 2 is 2.37 bits per heavy atom. The van der Waals surface area contributed by atoms with Crippen LogP contribution < -0.4 is 0 Å². The number of nitrogens with zero attached hydrogens (tertiary/aromatic N) is 3. The summed E-state index contributed by atoms with van der Waals surface area (Å²) in [5, 5.41) is 0.0531. The summed E-state index contributed by atoms with van der Waals surface area (Å²) in [6.07, 6.45) is 4.90. The number of sulfonamides is 1. The van der Waals surface area contributed by atoms with Gasteiger partial charge in [-0.05, 0) is 19.3 Å². The summed E-state index contributed by atoms with van der Waals surface area (Å²) in [5.74, 6) is 0.617. The summed E-state index contributed by atoms with van der Waals surface area (Å²) in [5.41, 5.74) is 0. The smallest absolute Gasteiger partial charge is 0.261 e. The SMILES string of the molecule is CCc1ncc(S(=O)(=O)N2CCCCC2N=C=O)[nH]1. The van der Waals surface area contributed by atoms with Crippen LogP contribution in [-0.2, 0) is 21.2 Å². The molecule has 1 fully saturated rings. The minimum atomic E-state index is -3.68. The number of rotatable bonds is 4. The Bertz CT molecular complexity index is 589. The number of carbonyl (C=O) groups excluding carboxylic acids is 1. The van der Waals surface area contributed by atoms with Gasteiger partial charge in [0.25, 0.3) is 10.0 Å². The van der Waals surface area contributed by atoms with Crippen molar-refractivity contribution in [2.45, 2.75) is 43.8 Å². The summed E-state index contributed by atoms with van der Waals surface area (Å²) < 4.78 is 26.2. The molecule has 0 radical (unpaired) electrons. The standard InChI is InChI=1S/C11H16N4O3S/c1-2-9-12-7-11(14-9)19(17,18)15-6-4-3-5-10(15)13-8-16/h7,10H,2-6H2,1H3,(H,12,14). The van der Waals surface area contributed by atoms with Crippen molar-refractivity contribution < 1.29 is 13.2 Å². The van der Waals surface area contributed by atoms with E-state index in [4.69, 9.17) is 0 Å². The van der Waals surface area contributed by atoms with Crippen LogP contribution in [0, 0.1) is 0 Å². The lowest BCUT2D eigenvalue weighted by atomic mass is 10.1. The van der Waals surface area contributed by atoms with Gasteiger partial charge in [-0.1, -0.05) is 6.92 Å². The third-order valence-corrected chi connectivity index (χ3v) is 4.96. The highest BCUT2D eigenvalue weighted by Crippen LogP contribution is 2.24. The lowest BCUT2D eigenvalue weighted by Crippen LogP contribution is -2.42. The quantitative estimate of drug-likeness (QED) is 0.653. The largest absolute Gasteiger partial charge is 0.332 e. The van der Waals surface area contributed by atoms with Crippen LogP contribution in [0.2, 0.25) is 0 Å². The average molecular weight is 284 g/mol. The zero-order chi connectivity index (χ0) is 13.9. The first-order valence-electron chi connectivity index (χ1n) is 6.22. The molecule has 1 aliphatic rings. The number of aromatic nitrogens is 2. The highest BCUT2D eigenvalue weighted by molar-refractivity contribution is 7.89. The second-order valence-corrected chi connectivity index (χ2v) is 6.22. The fourth-order valence-corrected chi connectivity index (χ4v) is 3.67. The molecule has 1 saturated heterocycles. The van der Waals surface area contributed by atoms with Crippen molar-refractivity contribution in [2.75, 3.05) is 6.54 Å². The zero-order valence-electron chi connectivity index (χ0n) is 10.7. The monoisotopic (exact) mass is 284 g/mol. The number of imidazole rings is 1. The van der Waals surface area contributed by atoms with E-state index in [9.17, 15) is 13.2 Å². The first-order chi connectivity index (χ1) is 9.09. The molecule has 0 spiro atoms. The number of hydrogen-bond donors (Lipinski definition) is 1. The molecular formula is C11H16N4O3S. The molecule has 1 atom stereocenters. The van der Waals surface area contributed by atoms with Gasteiger partial charge in [0.1, 0.15) is 12.0 Å². The number of nitrogens with one attached hydrogen (secondary N) is 1. The molecule has 0 amide bonds. The van der Waals surface area contributed by atoms with E-state index in [0.29, 0.717) is 25.2 Å². The Labute approximate surface area is 111 Å². The lowest BCUT2D eigenvalue weighted by molar-refractivity contribution is 0.259. The van der Waals surface area contributed by atoms with Crippen LogP contribution >= 0.6 is 0 Å². The van der Waals surface area contributed by atoms with Crippen LogP contribution in [0.4, 0.5) is 0 Å². The summed E-state index contributed by atoms with van der Waals surface area (Å²) in [6.45, 7) is 2.24. The van der Waals surface area contributed by atoms with E-state index in [1.807, 2.05) is 6.92 Å². The molecule has 1 aromatic rings. The van der Waals surface area contributed by atoms with E-state index in [0.717, 1.165) is 12.8 Å². The van der Waals surface area contributed by atoms with E-state index in [-0.39, 0.29) is 5.03 Å². The molecule has 8 heteroatoms. The van der Waals surface area contributed by atoms with Gasteiger partial charge in [-0.15, -0.1) is 0 Å². The number of hydrogen-bond acceptors (Lipinski definition) is 5. The van der Waals surface area contributed by atoms with Gasteiger partial charge in [0.15, 0.2) is 5.03 Å². The molecule has 0 bridgehead atoms. The Hall–Kier alpha value is -1.50. The minimum Gasteiger partial charge on any atom is -0.332 e. The molecule has 19 heavy (non-hydrogen) atoms. The van der Waals surface area contributed by atoms with Gasteiger partial charge in [-0.3, -0.25) is 0 Å². The van der Waals surface area contributed by atoms with Gasteiger partial charge >= 0.3 is 0 Å². The van der Waals surface area contributed by atoms with Crippen molar-refractivity contribution in [1.29, 1.82) is 0 Å². The van der Waals surface area contributed by atoms with Gasteiger partial charge in [0, 0.05) is 13.0 Å². The maximum absolute atomic E-state index is 12.5. The van der Waals surface area contributed by atoms with Crippen LogP contribution in [0.25, 0.3) is 0 Å². The van der Waals surface area contributed by atoms with E-state index >= 15 is 0 Å². The molecule has 2 heterocycles. The Morgan fingerprint density at radius 3 is 3.00 bits per heavy atom. The number of aromatic amines is 1. The third kappa shape index (κ3) is 2.75. The maximum Gasteiger partial charge on any atom is 0.261 e. The van der Waals surface area contributed by atoms with Gasteiger partial charge in [0.2, 0.25) is 6.08 Å². The zero-order valence-corrected chi connectivity index (χ0v) is 11.5. The normalized spacial score (nSPS) is 21.0. The van der Waals surface area contributed by atoms with E-state index in [1.165, 1.54) is 16.6 Å². The van der Waals surface area contributed by atoms with Crippen LogP contribution in [0.5, 0.6) is 0 Å². The second kappa shape index (κ2) is 5.64. The van der Waals surface area contributed by atoms with Gasteiger partial charge in [0.05, 0.1) is 6.20 Å². The van der Waals surface area contributed by atoms with Gasteiger partial charge in [-0.2, -0.15) is 9.30 Å². The summed E-state index contributed by atoms with van der Waals surface area (Å²) >= 11 is 0. The molecule has 1 unspecified atom stereocenters. The number of aryl methyl sites for hydroxylation is 1. The van der Waals surface area contributed by atoms with Crippen molar-refractivity contribution in [3.05, 3.63) is 12.0 Å². The predicted octanol–water partition coefficient (Wildman–Crippen LogP) is 0.809. The molecule has 0 saturated carbocycles. The van der Waals surface area contributed by atoms with Crippen LogP contribution in [0.3, 0.4) is 0 Å². The Morgan fingerprint density at radius 1 is 1.58 bits per heavy atom. The van der Waals surface area contributed by atoms with Crippen molar-refractivity contribution in [3.63, 3.8) is 0 Å². The topological polar surface area (TPSA) is 95.5 Å². The molecule has 1 aromatic heterocycles. The third-order valence-electron chi connectivity index (χ3n) is 3.15. The minimum absolute atomic E-state index is 0.0531. The van der Waals surface area contributed by atoms with Gasteiger partial charge < -0.3 is 4.98 Å². The lowest BCUT2D eigenvalue weighted by Gasteiger charge is -2.30. The molecule has 1 aliphatic heterocycles. The van der Waals surface area contributed by atoms with Crippen molar-refractivity contribution in [3.8, 4) is 0 Å². The Kier molecular flexibility index (Phi) is 4.14. The molecular weight excluding hydrogens is 268 g/mol. The van der Waals surface area contributed by atoms with Gasteiger partial charge in [-0.25, -0.2) is 18.2 Å². The summed E-state index contributed by atoms with van der Waals surface area (Å²) in [7, 11) is -3.68. The van der Waals surface area contributed by atoms with E-state index in [2.05, 4.69) is 15.0 Å². The predicted molar refractivity (Wildman–Crippen MR) is 67.6 cm³/mol. The van der Waals surface area contributed by atoms with Crippen LogP contribution in [0.1, 0.15) is 32.0 Å². The van der Waals surface area contributed by atoms with E-state index in [1.54, 1.807) is 0 Å². The first kappa shape index (κ1) is 13.9. The number of piperidine rings is 1. The fourth-order valence-electron chi connectivity index (χ4n) is 2.14. The molecule has 0 aromatic carbocycles. The fraction of sp³-hybridized carbons (Fsp3) is 0.636. The second-order valence-electron chi connectivity index (χ2n) is 4.36. The maximum atomic E-state index is 12.5. The molecule has 2 rings (SSSR count). The summed E-state index contributed by atoms with van der Waals surface area (Å²) in [6, 6.07) is 0. The molecule has 7 nitrogen and oxygen atoms in total. The Balaban J connectivity index is 2.33. The van der Waals surface area contributed by atoms with Crippen molar-refractivity contribution >= 4 is 16.1 Å². The van der Waals surface area contributed by atoms with E-state index < -0.39 is 16.2 Å². The highest BCUT2D eigenvalue weighted by atomic mass is 32.2. The highest BCUT2D eigenvalue weighted by Gasteiger charge is 2.34. The van der Waals surface area contributed by atoms with Crippen LogP contribution in [0.15, 0.2) is 16.2 Å². The molecule has 104 valence electrons. The van der Waals surface area contributed by atoms with Crippen molar-refractivity contribution in [2.24, 2.45) is 4.99 Å². The molecule has 0 aliphatic carbocycles. The number of H-pyrrole nitrogens is 1. The first-order valence-corrected chi connectivity index (χ1v) is 7.66. The average Bonchev–Trinajstić information content (AvgIpc) is 2.89.